The molecule has 0 radical (unpaired) electrons. The van der Waals surface area contributed by atoms with Gasteiger partial charge < -0.3 is 9.31 Å². The summed E-state index contributed by atoms with van der Waals surface area (Å²) >= 11 is 12.4. The number of sulfonamides is 1. The zero-order valence-electron chi connectivity index (χ0n) is 26.7. The molecule has 16 nitrogen and oxygen atoms in total. The van der Waals surface area contributed by atoms with Crippen LogP contribution in [-0.2, 0) is 65.2 Å². The average molecular weight is 846 g/mol. The lowest BCUT2D eigenvalue weighted by atomic mass is 9.75. The molecule has 0 amide bonds. The Balaban J connectivity index is 1.75. The molecule has 0 bridgehead atoms. The maximum absolute atomic E-state index is 14.0. The molecular weight excluding hydrogens is 818 g/mol. The van der Waals surface area contributed by atoms with Crippen molar-refractivity contribution >= 4 is 90.8 Å². The van der Waals surface area contributed by atoms with Gasteiger partial charge in [0.2, 0.25) is 10.0 Å². The predicted octanol–water partition coefficient (Wildman–Crippen LogP) is 1.47. The summed E-state index contributed by atoms with van der Waals surface area (Å²) < 4.78 is 138. The minimum atomic E-state index is -5.34. The molecule has 2 aliphatic rings. The van der Waals surface area contributed by atoms with Crippen LogP contribution in [0.4, 0.5) is 5.69 Å². The summed E-state index contributed by atoms with van der Waals surface area (Å²) in [5.41, 5.74) is 0.0449. The molecule has 51 heavy (non-hydrogen) atoms. The summed E-state index contributed by atoms with van der Waals surface area (Å²) in [4.78, 5) is 10.3. The monoisotopic (exact) mass is 844 g/mol. The summed E-state index contributed by atoms with van der Waals surface area (Å²) in [5, 5.41) is 12.1. The molecule has 5 rings (SSSR count). The first kappa shape index (κ1) is 39.5. The van der Waals surface area contributed by atoms with Crippen LogP contribution in [-0.4, -0.2) is 98.5 Å². The molecule has 0 N–H and O–H groups in total. The normalized spacial score (nSPS) is 19.8. The van der Waals surface area contributed by atoms with E-state index in [-0.39, 0.29) is 52.6 Å². The van der Waals surface area contributed by atoms with Crippen molar-refractivity contribution in [3.8, 4) is 0 Å². The number of nitro groups is 1. The Morgan fingerprint density at radius 3 is 1.78 bits per heavy atom. The standard InChI is InChI=1S/C27H27BCl2N2O14S5/c1-47(35,36)26(48(2,37)38)27(49(3,39)40,50(4,41)42)46-28(45-26)19-10-11-20-18(13-19)15-31(16-21(20)17-9-12-22(29)23(30)14-17)51(43,44)25-8-6-5-7-24(25)32(33)34/h5-14,21H,15-16H2,1-4H3. The van der Waals surface area contributed by atoms with E-state index in [1.165, 1.54) is 42.5 Å². The van der Waals surface area contributed by atoms with Crippen LogP contribution in [0.3, 0.4) is 0 Å². The second-order valence-electron chi connectivity index (χ2n) is 12.0. The van der Waals surface area contributed by atoms with Crippen LogP contribution in [0.5, 0.6) is 0 Å². The third-order valence-corrected chi connectivity index (χ3v) is 20.6. The van der Waals surface area contributed by atoms with Crippen molar-refractivity contribution in [2.45, 2.75) is 25.9 Å². The van der Waals surface area contributed by atoms with Crippen LogP contribution >= 0.6 is 23.2 Å². The fourth-order valence-corrected chi connectivity index (χ4v) is 19.3. The van der Waals surface area contributed by atoms with Gasteiger partial charge in [0.25, 0.3) is 5.69 Å². The third-order valence-electron chi connectivity index (χ3n) is 8.43. The van der Waals surface area contributed by atoms with Crippen molar-refractivity contribution in [2.24, 2.45) is 0 Å². The maximum atomic E-state index is 14.0. The predicted molar refractivity (Wildman–Crippen MR) is 188 cm³/mol. The highest BCUT2D eigenvalue weighted by Crippen LogP contribution is 2.51. The quantitative estimate of drug-likeness (QED) is 0.169. The van der Waals surface area contributed by atoms with Gasteiger partial charge in [0.05, 0.1) is 15.0 Å². The molecule has 0 saturated carbocycles. The number of hydrogen-bond acceptors (Lipinski definition) is 14. The van der Waals surface area contributed by atoms with Crippen LogP contribution in [0.25, 0.3) is 0 Å². The van der Waals surface area contributed by atoms with Crippen LogP contribution in [0, 0.1) is 10.1 Å². The zero-order chi connectivity index (χ0) is 38.3. The molecule has 24 heteroatoms. The number of sulfone groups is 4. The number of nitrogens with zero attached hydrogens (tertiary/aromatic N) is 2. The summed E-state index contributed by atoms with van der Waals surface area (Å²) in [6.45, 7) is -0.750. The second-order valence-corrected chi connectivity index (χ2v) is 23.7. The highest BCUT2D eigenvalue weighted by Gasteiger charge is 2.83. The highest BCUT2D eigenvalue weighted by atomic mass is 35.5. The fourth-order valence-electron chi connectivity index (χ4n) is 6.36. The summed E-state index contributed by atoms with van der Waals surface area (Å²) in [5.74, 6) is -0.821. The average Bonchev–Trinajstić information content (AvgIpc) is 3.42. The molecule has 2 aliphatic heterocycles. The largest absolute Gasteiger partial charge is 0.497 e. The molecule has 3 aromatic carbocycles. The minimum absolute atomic E-state index is 0.120. The minimum Gasteiger partial charge on any atom is -0.372 e. The van der Waals surface area contributed by atoms with Crippen molar-refractivity contribution < 1.29 is 56.3 Å². The maximum Gasteiger partial charge on any atom is 0.497 e. The topological polar surface area (TPSA) is 236 Å². The fraction of sp³-hybridized carbons (Fsp3) is 0.333. The van der Waals surface area contributed by atoms with Crippen LogP contribution in [0.2, 0.25) is 10.0 Å². The van der Waals surface area contributed by atoms with E-state index in [9.17, 15) is 52.2 Å². The number of para-hydroxylation sites is 1. The van der Waals surface area contributed by atoms with E-state index in [0.29, 0.717) is 11.1 Å². The molecule has 1 fully saturated rings. The number of rotatable bonds is 9. The molecule has 2 heterocycles. The van der Waals surface area contributed by atoms with E-state index >= 15 is 0 Å². The van der Waals surface area contributed by atoms with Gasteiger partial charge in [-0.1, -0.05) is 59.6 Å². The molecule has 1 atom stereocenters. The van der Waals surface area contributed by atoms with Gasteiger partial charge in [-0.3, -0.25) is 10.1 Å². The first-order valence-corrected chi connectivity index (χ1v) is 23.9. The summed E-state index contributed by atoms with van der Waals surface area (Å²) in [7, 11) is -28.3. The van der Waals surface area contributed by atoms with Gasteiger partial charge in [0.15, 0.2) is 44.2 Å². The van der Waals surface area contributed by atoms with E-state index in [1.54, 1.807) is 6.07 Å². The molecule has 1 unspecified atom stereocenters. The van der Waals surface area contributed by atoms with Gasteiger partial charge in [-0.05, 0) is 40.4 Å². The Morgan fingerprint density at radius 2 is 1.29 bits per heavy atom. The van der Waals surface area contributed by atoms with Crippen LogP contribution in [0.1, 0.15) is 22.6 Å². The smallest absolute Gasteiger partial charge is 0.372 e. The summed E-state index contributed by atoms with van der Waals surface area (Å²) in [6, 6.07) is 13.0. The zero-order valence-corrected chi connectivity index (χ0v) is 32.3. The lowest BCUT2D eigenvalue weighted by Gasteiger charge is -2.37. The third kappa shape index (κ3) is 6.19. The number of hydrogen-bond donors (Lipinski definition) is 0. The van der Waals surface area contributed by atoms with E-state index in [2.05, 4.69) is 0 Å². The van der Waals surface area contributed by atoms with Gasteiger partial charge in [-0.2, -0.15) is 4.31 Å². The van der Waals surface area contributed by atoms with Crippen molar-refractivity contribution in [3.63, 3.8) is 0 Å². The first-order chi connectivity index (χ1) is 23.2. The Morgan fingerprint density at radius 1 is 0.765 bits per heavy atom. The van der Waals surface area contributed by atoms with Crippen LogP contribution in [0.15, 0.2) is 65.6 Å². The highest BCUT2D eigenvalue weighted by molar-refractivity contribution is 8.16. The first-order valence-electron chi connectivity index (χ1n) is 14.2. The van der Waals surface area contributed by atoms with Crippen LogP contribution < -0.4 is 5.46 Å². The number of fused-ring (bicyclic) bond motifs is 1. The SMILES string of the molecule is CS(=O)(=O)C1(S(C)(=O)=O)OB(c2ccc3c(c2)CN(S(=O)(=O)c2ccccc2[N+](=O)[O-])CC3c2ccc(Cl)c(Cl)c2)OC1(S(C)(=O)=O)S(C)(=O)=O. The lowest BCUT2D eigenvalue weighted by Crippen LogP contribution is -2.67. The lowest BCUT2D eigenvalue weighted by molar-refractivity contribution is -0.387. The van der Waals surface area contributed by atoms with E-state index in [4.69, 9.17) is 32.5 Å². The van der Waals surface area contributed by atoms with Crippen molar-refractivity contribution in [1.82, 2.24) is 4.31 Å². The van der Waals surface area contributed by atoms with Crippen molar-refractivity contribution in [1.29, 1.82) is 0 Å². The van der Waals surface area contributed by atoms with Gasteiger partial charge in [0.1, 0.15) is 0 Å². The molecule has 0 spiro atoms. The van der Waals surface area contributed by atoms with Gasteiger partial charge in [-0.25, -0.2) is 42.1 Å². The van der Waals surface area contributed by atoms with Gasteiger partial charge in [-0.15, -0.1) is 0 Å². The molecule has 0 aliphatic carbocycles. The molecule has 1 saturated heterocycles. The number of halogens is 2. The Hall–Kier alpha value is -2.67. The van der Waals surface area contributed by atoms with E-state index in [0.717, 1.165) is 16.4 Å². The Labute approximate surface area is 304 Å². The summed E-state index contributed by atoms with van der Waals surface area (Å²) in [6.07, 6.45) is 1.13. The molecule has 3 aromatic rings. The number of benzene rings is 3. The Bertz CT molecular complexity index is 2410. The molecular formula is C27H27BCl2N2O14S5. The number of nitro benzene ring substituents is 1. The second kappa shape index (κ2) is 12.7. The van der Waals surface area contributed by atoms with Crippen molar-refractivity contribution in [3.05, 3.63) is 97.5 Å². The molecule has 0 aromatic heterocycles. The van der Waals surface area contributed by atoms with E-state index < -0.39 is 93.0 Å². The van der Waals surface area contributed by atoms with Gasteiger partial charge >= 0.3 is 15.6 Å². The van der Waals surface area contributed by atoms with Crippen molar-refractivity contribution in [2.75, 3.05) is 31.6 Å². The molecule has 276 valence electrons. The Kier molecular flexibility index (Phi) is 9.87. The van der Waals surface area contributed by atoms with E-state index in [1.807, 2.05) is 0 Å². The van der Waals surface area contributed by atoms with Gasteiger partial charge in [0, 0.05) is 50.1 Å².